The molecule has 2 aromatic carbocycles. The van der Waals surface area contributed by atoms with Crippen LogP contribution in [0.1, 0.15) is 30.0 Å². The van der Waals surface area contributed by atoms with Crippen molar-refractivity contribution in [2.45, 2.75) is 33.1 Å². The zero-order chi connectivity index (χ0) is 18.5. The molecule has 26 heavy (non-hydrogen) atoms. The Morgan fingerprint density at radius 1 is 0.846 bits per heavy atom. The van der Waals surface area contributed by atoms with Crippen molar-refractivity contribution in [1.82, 2.24) is 10.6 Å². The minimum atomic E-state index is 0.613. The lowest BCUT2D eigenvalue weighted by Crippen LogP contribution is -2.35. The lowest BCUT2D eigenvalue weighted by atomic mass is 10.1. The Balaban J connectivity index is 1.61. The molecule has 0 bridgehead atoms. The smallest absolute Gasteiger partial charge is 0.166 e. The van der Waals surface area contributed by atoms with E-state index in [4.69, 9.17) is 21.7 Å². The molecule has 0 aliphatic carbocycles. The van der Waals surface area contributed by atoms with Crippen LogP contribution in [0.5, 0.6) is 0 Å². The molecule has 5 heteroatoms. The maximum absolute atomic E-state index is 5.76. The topological polar surface area (TPSA) is 42.5 Å². The van der Waals surface area contributed by atoms with Crippen molar-refractivity contribution >= 4 is 17.3 Å². The zero-order valence-corrected chi connectivity index (χ0v) is 16.2. The molecule has 2 N–H and O–H groups in total. The average molecular weight is 373 g/mol. The number of thiocarbonyl (C=S) groups is 1. The SMILES string of the molecule is CCOCCCNC(=S)NCc1ccc(COCc2ccccc2)cc1. The molecule has 0 aliphatic heterocycles. The molecule has 0 saturated carbocycles. The Labute approximate surface area is 161 Å². The van der Waals surface area contributed by atoms with Gasteiger partial charge in [0.05, 0.1) is 13.2 Å². The summed E-state index contributed by atoms with van der Waals surface area (Å²) >= 11 is 5.28. The first-order chi connectivity index (χ1) is 12.8. The highest BCUT2D eigenvalue weighted by Gasteiger charge is 1.99. The molecule has 0 radical (unpaired) electrons. The van der Waals surface area contributed by atoms with Gasteiger partial charge in [0.2, 0.25) is 0 Å². The molecule has 0 spiro atoms. The van der Waals surface area contributed by atoms with Gasteiger partial charge in [-0.3, -0.25) is 0 Å². The summed E-state index contributed by atoms with van der Waals surface area (Å²) in [5, 5.41) is 7.09. The van der Waals surface area contributed by atoms with E-state index in [2.05, 4.69) is 47.0 Å². The van der Waals surface area contributed by atoms with Crippen molar-refractivity contribution in [3.05, 3.63) is 71.3 Å². The Bertz CT molecular complexity index is 632. The summed E-state index contributed by atoms with van der Waals surface area (Å²) in [4.78, 5) is 0. The second-order valence-corrected chi connectivity index (χ2v) is 6.36. The number of benzene rings is 2. The highest BCUT2D eigenvalue weighted by Crippen LogP contribution is 2.08. The first-order valence-electron chi connectivity index (χ1n) is 9.07. The van der Waals surface area contributed by atoms with E-state index < -0.39 is 0 Å². The molecule has 0 aromatic heterocycles. The van der Waals surface area contributed by atoms with Gasteiger partial charge < -0.3 is 20.1 Å². The summed E-state index contributed by atoms with van der Waals surface area (Å²) in [6, 6.07) is 18.6. The van der Waals surface area contributed by atoms with E-state index in [1.807, 2.05) is 25.1 Å². The maximum atomic E-state index is 5.76. The van der Waals surface area contributed by atoms with Crippen LogP contribution in [0.15, 0.2) is 54.6 Å². The summed E-state index contributed by atoms with van der Waals surface area (Å²) in [5.74, 6) is 0. The van der Waals surface area contributed by atoms with Gasteiger partial charge in [0.1, 0.15) is 0 Å². The summed E-state index contributed by atoms with van der Waals surface area (Å²) < 4.78 is 11.1. The standard InChI is InChI=1S/C21H28N2O2S/c1-2-24-14-6-13-22-21(26)23-15-18-9-11-20(12-10-18)17-25-16-19-7-4-3-5-8-19/h3-5,7-12H,2,6,13-17H2,1H3,(H2,22,23,26). The Hall–Kier alpha value is -1.95. The quantitative estimate of drug-likeness (QED) is 0.464. The largest absolute Gasteiger partial charge is 0.382 e. The van der Waals surface area contributed by atoms with Crippen molar-refractivity contribution in [2.24, 2.45) is 0 Å². The highest BCUT2D eigenvalue weighted by molar-refractivity contribution is 7.80. The number of hydrogen-bond acceptors (Lipinski definition) is 3. The first-order valence-corrected chi connectivity index (χ1v) is 9.47. The molecule has 0 atom stereocenters. The van der Waals surface area contributed by atoms with Gasteiger partial charge >= 0.3 is 0 Å². The summed E-state index contributed by atoms with van der Waals surface area (Å²) in [6.45, 7) is 6.30. The van der Waals surface area contributed by atoms with Gasteiger partial charge in [-0.05, 0) is 42.3 Å². The number of rotatable bonds is 11. The zero-order valence-electron chi connectivity index (χ0n) is 15.4. The summed E-state index contributed by atoms with van der Waals surface area (Å²) in [7, 11) is 0. The van der Waals surface area contributed by atoms with Crippen molar-refractivity contribution in [1.29, 1.82) is 0 Å². The third kappa shape index (κ3) is 8.43. The third-order valence-electron chi connectivity index (χ3n) is 3.81. The molecule has 4 nitrogen and oxygen atoms in total. The molecule has 0 saturated heterocycles. The van der Waals surface area contributed by atoms with E-state index in [1.54, 1.807) is 0 Å². The van der Waals surface area contributed by atoms with E-state index in [9.17, 15) is 0 Å². The van der Waals surface area contributed by atoms with Crippen LogP contribution in [0.3, 0.4) is 0 Å². The van der Waals surface area contributed by atoms with Gasteiger partial charge in [0, 0.05) is 26.3 Å². The predicted molar refractivity (Wildman–Crippen MR) is 110 cm³/mol. The first kappa shape index (κ1) is 20.4. The van der Waals surface area contributed by atoms with Crippen LogP contribution in [0.25, 0.3) is 0 Å². The maximum Gasteiger partial charge on any atom is 0.166 e. The van der Waals surface area contributed by atoms with Gasteiger partial charge in [-0.1, -0.05) is 54.6 Å². The van der Waals surface area contributed by atoms with Crippen LogP contribution in [-0.4, -0.2) is 24.9 Å². The van der Waals surface area contributed by atoms with E-state index in [-0.39, 0.29) is 0 Å². The molecule has 0 amide bonds. The molecule has 0 fully saturated rings. The molecular weight excluding hydrogens is 344 g/mol. The molecule has 0 aliphatic rings. The van der Waals surface area contributed by atoms with E-state index in [0.29, 0.717) is 24.9 Å². The Kier molecular flexibility index (Phi) is 9.72. The summed E-state index contributed by atoms with van der Waals surface area (Å²) in [6.07, 6.45) is 0.952. The number of hydrogen-bond donors (Lipinski definition) is 2. The van der Waals surface area contributed by atoms with Gasteiger partial charge in [0.15, 0.2) is 5.11 Å². The molecule has 2 aromatic rings. The average Bonchev–Trinajstić information content (AvgIpc) is 2.68. The van der Waals surface area contributed by atoms with Crippen LogP contribution in [0.4, 0.5) is 0 Å². The van der Waals surface area contributed by atoms with Gasteiger partial charge in [0.25, 0.3) is 0 Å². The van der Waals surface area contributed by atoms with Crippen LogP contribution in [0.2, 0.25) is 0 Å². The fourth-order valence-corrected chi connectivity index (χ4v) is 2.55. The predicted octanol–water partition coefficient (Wildman–Crippen LogP) is 3.79. The van der Waals surface area contributed by atoms with Crippen LogP contribution < -0.4 is 10.6 Å². The second-order valence-electron chi connectivity index (χ2n) is 5.95. The minimum absolute atomic E-state index is 0.613. The highest BCUT2D eigenvalue weighted by atomic mass is 32.1. The van der Waals surface area contributed by atoms with E-state index in [1.165, 1.54) is 16.7 Å². The molecule has 2 rings (SSSR count). The monoisotopic (exact) mass is 372 g/mol. The van der Waals surface area contributed by atoms with Crippen molar-refractivity contribution in [3.63, 3.8) is 0 Å². The molecule has 0 heterocycles. The Morgan fingerprint density at radius 2 is 1.50 bits per heavy atom. The molecule has 140 valence electrons. The number of ether oxygens (including phenoxy) is 2. The van der Waals surface area contributed by atoms with Crippen LogP contribution in [-0.2, 0) is 29.2 Å². The van der Waals surface area contributed by atoms with Gasteiger partial charge in [-0.2, -0.15) is 0 Å². The fourth-order valence-electron chi connectivity index (χ4n) is 2.38. The van der Waals surface area contributed by atoms with Crippen molar-refractivity contribution in [2.75, 3.05) is 19.8 Å². The Morgan fingerprint density at radius 3 is 2.19 bits per heavy atom. The molecular formula is C21H28N2O2S. The normalized spacial score (nSPS) is 10.5. The van der Waals surface area contributed by atoms with E-state index >= 15 is 0 Å². The van der Waals surface area contributed by atoms with Crippen LogP contribution >= 0.6 is 12.2 Å². The summed E-state index contributed by atoms with van der Waals surface area (Å²) in [5.41, 5.74) is 3.55. The third-order valence-corrected chi connectivity index (χ3v) is 4.10. The second kappa shape index (κ2) is 12.4. The lowest BCUT2D eigenvalue weighted by Gasteiger charge is -2.11. The van der Waals surface area contributed by atoms with Crippen molar-refractivity contribution < 1.29 is 9.47 Å². The van der Waals surface area contributed by atoms with Crippen molar-refractivity contribution in [3.8, 4) is 0 Å². The fraction of sp³-hybridized carbons (Fsp3) is 0.381. The minimum Gasteiger partial charge on any atom is -0.382 e. The van der Waals surface area contributed by atoms with Gasteiger partial charge in [-0.25, -0.2) is 0 Å². The van der Waals surface area contributed by atoms with Gasteiger partial charge in [-0.15, -0.1) is 0 Å². The lowest BCUT2D eigenvalue weighted by molar-refractivity contribution is 0.107. The number of nitrogens with one attached hydrogen (secondary N) is 2. The van der Waals surface area contributed by atoms with E-state index in [0.717, 1.165) is 26.2 Å². The van der Waals surface area contributed by atoms with Crippen LogP contribution in [0, 0.1) is 0 Å². The molecule has 0 unspecified atom stereocenters.